The van der Waals surface area contributed by atoms with Crippen molar-refractivity contribution in [2.75, 3.05) is 19.6 Å². The van der Waals surface area contributed by atoms with Gasteiger partial charge in [0.25, 0.3) is 0 Å². The van der Waals surface area contributed by atoms with Gasteiger partial charge in [0.15, 0.2) is 11.6 Å². The number of amides is 1. The molecule has 3 aliphatic heterocycles. The number of likely N-dealkylation sites (tertiary alicyclic amines) is 2. The van der Waals surface area contributed by atoms with E-state index in [0.29, 0.717) is 25.1 Å². The smallest absolute Gasteiger partial charge is 0.223 e. The van der Waals surface area contributed by atoms with E-state index < -0.39 is 23.6 Å². The molecule has 0 bridgehead atoms. The molecular formula is C29H28F3N3O2. The van der Waals surface area contributed by atoms with Gasteiger partial charge >= 0.3 is 0 Å². The van der Waals surface area contributed by atoms with E-state index in [1.807, 2.05) is 24.3 Å². The molecule has 0 N–H and O–H groups in total. The van der Waals surface area contributed by atoms with E-state index in [9.17, 15) is 18.0 Å². The normalized spacial score (nSPS) is 20.0. The van der Waals surface area contributed by atoms with Gasteiger partial charge in [0.2, 0.25) is 11.9 Å². The second-order valence-corrected chi connectivity index (χ2v) is 10.2. The van der Waals surface area contributed by atoms with Gasteiger partial charge in [0.1, 0.15) is 0 Å². The molecule has 1 atom stereocenters. The first-order chi connectivity index (χ1) is 17.9. The number of rotatable bonds is 5. The molecule has 6 rings (SSSR count). The number of carbonyl (C=O) groups excluding carboxylic acids is 1. The zero-order valence-corrected chi connectivity index (χ0v) is 20.4. The Hall–Kier alpha value is -3.23. The summed E-state index contributed by atoms with van der Waals surface area (Å²) in [6.07, 6.45) is 4.49. The lowest BCUT2D eigenvalue weighted by molar-refractivity contribution is -0.129. The Balaban J connectivity index is 1.16. The van der Waals surface area contributed by atoms with Gasteiger partial charge in [-0.25, -0.2) is 13.8 Å². The Kier molecular flexibility index (Phi) is 6.24. The summed E-state index contributed by atoms with van der Waals surface area (Å²) in [5.74, 6) is -2.26. The molecular weight excluding hydrogens is 479 g/mol. The lowest BCUT2D eigenvalue weighted by Crippen LogP contribution is -2.42. The zero-order valence-electron chi connectivity index (χ0n) is 20.4. The van der Waals surface area contributed by atoms with Crippen LogP contribution in [0.15, 0.2) is 54.7 Å². The lowest BCUT2D eigenvalue weighted by atomic mass is 9.84. The minimum Gasteiger partial charge on any atom is -0.365 e. The number of benzene rings is 2. The van der Waals surface area contributed by atoms with Crippen LogP contribution in [0.25, 0.3) is 0 Å². The number of fused-ring (bicyclic) bond motifs is 2. The van der Waals surface area contributed by atoms with Gasteiger partial charge in [-0.2, -0.15) is 4.39 Å². The number of carbonyl (C=O) groups is 1. The number of aromatic nitrogens is 1. The van der Waals surface area contributed by atoms with Crippen LogP contribution < -0.4 is 0 Å². The van der Waals surface area contributed by atoms with Gasteiger partial charge in [0, 0.05) is 44.4 Å². The number of piperidine rings is 1. The predicted octanol–water partition coefficient (Wildman–Crippen LogP) is 5.23. The summed E-state index contributed by atoms with van der Waals surface area (Å²) in [5, 5.41) is 0. The fourth-order valence-corrected chi connectivity index (χ4v) is 6.02. The maximum absolute atomic E-state index is 14.1. The molecule has 1 spiro atoms. The molecule has 2 saturated heterocycles. The number of ether oxygens (including phenoxy) is 1. The van der Waals surface area contributed by atoms with E-state index in [2.05, 4.69) is 9.88 Å². The number of nitrogens with zero attached hydrogens (tertiary/aromatic N) is 3. The molecule has 1 amide bonds. The van der Waals surface area contributed by atoms with Gasteiger partial charge in [-0.05, 0) is 59.7 Å². The third-order valence-electron chi connectivity index (χ3n) is 8.00. The van der Waals surface area contributed by atoms with Crippen molar-refractivity contribution < 1.29 is 22.7 Å². The lowest BCUT2D eigenvalue weighted by Gasteiger charge is -2.39. The third-order valence-corrected chi connectivity index (χ3v) is 8.00. The minimum absolute atomic E-state index is 0.0229. The Bertz CT molecular complexity index is 1320. The molecule has 0 saturated carbocycles. The highest BCUT2D eigenvalue weighted by Crippen LogP contribution is 2.44. The third kappa shape index (κ3) is 4.53. The van der Waals surface area contributed by atoms with Crippen molar-refractivity contribution in [1.29, 1.82) is 0 Å². The minimum atomic E-state index is -0.914. The van der Waals surface area contributed by atoms with Crippen LogP contribution in [0.5, 0.6) is 0 Å². The van der Waals surface area contributed by atoms with Crippen molar-refractivity contribution >= 4 is 5.91 Å². The summed E-state index contributed by atoms with van der Waals surface area (Å²) in [6.45, 7) is 3.47. The highest BCUT2D eigenvalue weighted by Gasteiger charge is 2.43. The van der Waals surface area contributed by atoms with Crippen LogP contribution in [0, 0.1) is 17.6 Å². The van der Waals surface area contributed by atoms with Gasteiger partial charge in [-0.1, -0.05) is 30.3 Å². The van der Waals surface area contributed by atoms with Gasteiger partial charge in [-0.3, -0.25) is 9.69 Å². The molecule has 1 aromatic heterocycles. The molecule has 8 heteroatoms. The standard InChI is InChI=1S/C29H28F3N3O2/c30-24-8-7-21(14-25(24)31)28(35-11-1-2-27(35)36)20-5-3-19(4-6-20)17-34-12-9-29(10-13-34)23-16-33-26(32)15-22(23)18-37-29/h3-8,14-16,28H,1-2,9-13,17-18H2. The molecule has 37 heavy (non-hydrogen) atoms. The first-order valence-electron chi connectivity index (χ1n) is 12.8. The topological polar surface area (TPSA) is 45.7 Å². The quantitative estimate of drug-likeness (QED) is 0.444. The Labute approximate surface area is 213 Å². The van der Waals surface area contributed by atoms with Crippen LogP contribution in [0.2, 0.25) is 0 Å². The van der Waals surface area contributed by atoms with E-state index in [4.69, 9.17) is 4.74 Å². The summed E-state index contributed by atoms with van der Waals surface area (Å²) in [4.78, 5) is 20.5. The summed E-state index contributed by atoms with van der Waals surface area (Å²) in [7, 11) is 0. The fourth-order valence-electron chi connectivity index (χ4n) is 6.02. The molecule has 192 valence electrons. The van der Waals surface area contributed by atoms with Gasteiger partial charge < -0.3 is 9.64 Å². The van der Waals surface area contributed by atoms with E-state index >= 15 is 0 Å². The SMILES string of the molecule is O=C1CCCN1C(c1ccc(CN2CCC3(CC2)OCc2cc(F)ncc23)cc1)c1ccc(F)c(F)c1. The van der Waals surface area contributed by atoms with Gasteiger partial charge in [-0.15, -0.1) is 0 Å². The largest absolute Gasteiger partial charge is 0.365 e. The number of hydrogen-bond donors (Lipinski definition) is 0. The van der Waals surface area contributed by atoms with Crippen LogP contribution in [0.1, 0.15) is 59.5 Å². The maximum atomic E-state index is 14.1. The Morgan fingerprint density at radius 3 is 2.41 bits per heavy atom. The molecule has 0 aliphatic carbocycles. The van der Waals surface area contributed by atoms with E-state index in [-0.39, 0.29) is 11.5 Å². The summed E-state index contributed by atoms with van der Waals surface area (Å²) >= 11 is 0. The Morgan fingerprint density at radius 1 is 0.946 bits per heavy atom. The van der Waals surface area contributed by atoms with Crippen molar-refractivity contribution in [3.05, 3.63) is 100 Å². The van der Waals surface area contributed by atoms with Crippen LogP contribution in [0.3, 0.4) is 0 Å². The average Bonchev–Trinajstić information content (AvgIpc) is 3.47. The summed E-state index contributed by atoms with van der Waals surface area (Å²) in [5.41, 5.74) is 4.10. The zero-order chi connectivity index (χ0) is 25.6. The summed E-state index contributed by atoms with van der Waals surface area (Å²) < 4.78 is 47.3. The first-order valence-corrected chi connectivity index (χ1v) is 12.8. The molecule has 2 aromatic carbocycles. The number of halogens is 3. The van der Waals surface area contributed by atoms with Crippen molar-refractivity contribution in [2.24, 2.45) is 0 Å². The second-order valence-electron chi connectivity index (χ2n) is 10.2. The number of hydrogen-bond acceptors (Lipinski definition) is 4. The fraction of sp³-hybridized carbons (Fsp3) is 0.379. The Morgan fingerprint density at radius 2 is 1.70 bits per heavy atom. The molecule has 0 radical (unpaired) electrons. The molecule has 3 aliphatic rings. The summed E-state index contributed by atoms with van der Waals surface area (Å²) in [6, 6.07) is 12.9. The van der Waals surface area contributed by atoms with Gasteiger partial charge in [0.05, 0.1) is 18.2 Å². The van der Waals surface area contributed by atoms with Crippen molar-refractivity contribution in [3.63, 3.8) is 0 Å². The highest BCUT2D eigenvalue weighted by molar-refractivity contribution is 5.79. The molecule has 4 heterocycles. The monoisotopic (exact) mass is 507 g/mol. The van der Waals surface area contributed by atoms with Crippen LogP contribution in [0.4, 0.5) is 13.2 Å². The average molecular weight is 508 g/mol. The molecule has 5 nitrogen and oxygen atoms in total. The van der Waals surface area contributed by atoms with E-state index in [0.717, 1.165) is 67.2 Å². The van der Waals surface area contributed by atoms with Crippen molar-refractivity contribution in [2.45, 2.75) is 50.5 Å². The maximum Gasteiger partial charge on any atom is 0.223 e. The van der Waals surface area contributed by atoms with Crippen LogP contribution in [-0.4, -0.2) is 40.3 Å². The van der Waals surface area contributed by atoms with Crippen LogP contribution in [-0.2, 0) is 28.3 Å². The van der Waals surface area contributed by atoms with E-state index in [1.54, 1.807) is 17.2 Å². The van der Waals surface area contributed by atoms with Crippen molar-refractivity contribution in [1.82, 2.24) is 14.8 Å². The number of pyridine rings is 1. The molecule has 3 aromatic rings. The second kappa shape index (κ2) is 9.58. The highest BCUT2D eigenvalue weighted by atomic mass is 19.2. The predicted molar refractivity (Wildman–Crippen MR) is 131 cm³/mol. The molecule has 1 unspecified atom stereocenters. The van der Waals surface area contributed by atoms with Crippen molar-refractivity contribution in [3.8, 4) is 0 Å². The van der Waals surface area contributed by atoms with Crippen LogP contribution >= 0.6 is 0 Å². The first kappa shape index (κ1) is 24.1. The van der Waals surface area contributed by atoms with E-state index in [1.165, 1.54) is 12.1 Å². The molecule has 2 fully saturated rings.